The lowest BCUT2D eigenvalue weighted by Crippen LogP contribution is -1.94. The Labute approximate surface area is 119 Å². The molecule has 0 fully saturated rings. The number of hydrogen-bond acceptors (Lipinski definition) is 5. The maximum absolute atomic E-state index is 13.6. The minimum absolute atomic E-state index is 0.112. The summed E-state index contributed by atoms with van der Waals surface area (Å²) in [6.45, 7) is 0. The summed E-state index contributed by atoms with van der Waals surface area (Å²) >= 11 is 0. The van der Waals surface area contributed by atoms with Crippen LogP contribution in [0.1, 0.15) is 11.4 Å². The van der Waals surface area contributed by atoms with Crippen molar-refractivity contribution in [2.24, 2.45) is 0 Å². The third-order valence-electron chi connectivity index (χ3n) is 2.92. The van der Waals surface area contributed by atoms with Crippen molar-refractivity contribution >= 4 is 0 Å². The lowest BCUT2D eigenvalue weighted by molar-refractivity contribution is 0.421. The summed E-state index contributed by atoms with van der Waals surface area (Å²) in [5, 5.41) is 22.6. The van der Waals surface area contributed by atoms with Crippen LogP contribution in [0.15, 0.2) is 47.0 Å². The van der Waals surface area contributed by atoms with Gasteiger partial charge in [0.1, 0.15) is 17.3 Å². The zero-order chi connectivity index (χ0) is 14.8. The Bertz CT molecular complexity index is 766. The molecular formula is C15H11FN2O3. The first-order chi connectivity index (χ1) is 10.1. The second-order valence-corrected chi connectivity index (χ2v) is 4.52. The summed E-state index contributed by atoms with van der Waals surface area (Å²) in [4.78, 5) is 4.13. The van der Waals surface area contributed by atoms with Gasteiger partial charge < -0.3 is 14.7 Å². The highest BCUT2D eigenvalue weighted by molar-refractivity contribution is 5.58. The molecule has 21 heavy (non-hydrogen) atoms. The number of halogens is 1. The monoisotopic (exact) mass is 286 g/mol. The minimum atomic E-state index is -0.334. The van der Waals surface area contributed by atoms with Crippen molar-refractivity contribution in [1.29, 1.82) is 0 Å². The van der Waals surface area contributed by atoms with Gasteiger partial charge in [-0.2, -0.15) is 4.98 Å². The first-order valence-corrected chi connectivity index (χ1v) is 6.21. The van der Waals surface area contributed by atoms with Crippen LogP contribution in [0.4, 0.5) is 4.39 Å². The molecule has 0 amide bonds. The van der Waals surface area contributed by atoms with Crippen molar-refractivity contribution in [1.82, 2.24) is 10.1 Å². The van der Waals surface area contributed by atoms with E-state index in [2.05, 4.69) is 10.1 Å². The van der Waals surface area contributed by atoms with Gasteiger partial charge in [0.05, 0.1) is 0 Å². The van der Waals surface area contributed by atoms with Crippen LogP contribution >= 0.6 is 0 Å². The van der Waals surface area contributed by atoms with Crippen LogP contribution in [0.25, 0.3) is 11.5 Å². The number of phenolic OH excluding ortho intramolecular Hbond substituents is 2. The van der Waals surface area contributed by atoms with E-state index in [1.54, 1.807) is 18.2 Å². The highest BCUT2D eigenvalue weighted by Gasteiger charge is 2.12. The van der Waals surface area contributed by atoms with E-state index < -0.39 is 0 Å². The van der Waals surface area contributed by atoms with Gasteiger partial charge in [0.2, 0.25) is 0 Å². The molecule has 0 spiro atoms. The van der Waals surface area contributed by atoms with Crippen LogP contribution in [0.5, 0.6) is 11.5 Å². The molecule has 0 atom stereocenters. The number of hydrogen-bond donors (Lipinski definition) is 2. The van der Waals surface area contributed by atoms with Gasteiger partial charge in [-0.05, 0) is 23.8 Å². The molecule has 0 radical (unpaired) electrons. The van der Waals surface area contributed by atoms with Crippen LogP contribution in [-0.2, 0) is 6.42 Å². The molecule has 0 saturated heterocycles. The summed E-state index contributed by atoms with van der Waals surface area (Å²) in [6.07, 6.45) is 0.195. The highest BCUT2D eigenvalue weighted by Crippen LogP contribution is 2.27. The van der Waals surface area contributed by atoms with E-state index in [9.17, 15) is 14.6 Å². The van der Waals surface area contributed by atoms with Crippen LogP contribution in [0.2, 0.25) is 0 Å². The lowest BCUT2D eigenvalue weighted by atomic mass is 10.1. The Morgan fingerprint density at radius 2 is 1.76 bits per heavy atom. The fraction of sp³-hybridized carbons (Fsp3) is 0.0667. The summed E-state index contributed by atoms with van der Waals surface area (Å²) in [5.41, 5.74) is 0.850. The SMILES string of the molecule is Oc1cc(O)cc(-c2nc(Cc3ccccc3F)no2)c1. The number of aromatic nitrogens is 2. The third-order valence-corrected chi connectivity index (χ3v) is 2.92. The second kappa shape index (κ2) is 5.24. The first-order valence-electron chi connectivity index (χ1n) is 6.21. The molecule has 2 N–H and O–H groups in total. The molecule has 6 heteroatoms. The lowest BCUT2D eigenvalue weighted by Gasteiger charge is -1.98. The summed E-state index contributed by atoms with van der Waals surface area (Å²) in [6, 6.07) is 10.3. The average molecular weight is 286 g/mol. The molecule has 2 aromatic carbocycles. The van der Waals surface area contributed by atoms with Crippen molar-refractivity contribution in [3.05, 3.63) is 59.7 Å². The Morgan fingerprint density at radius 3 is 2.48 bits per heavy atom. The predicted octanol–water partition coefficient (Wildman–Crippen LogP) is 2.88. The number of aromatic hydroxyl groups is 2. The highest BCUT2D eigenvalue weighted by atomic mass is 19.1. The molecule has 0 aliphatic heterocycles. The van der Waals surface area contributed by atoms with Crippen molar-refractivity contribution in [3.63, 3.8) is 0 Å². The smallest absolute Gasteiger partial charge is 0.258 e. The number of rotatable bonds is 3. The third kappa shape index (κ3) is 2.84. The van der Waals surface area contributed by atoms with E-state index in [-0.39, 0.29) is 29.6 Å². The Kier molecular flexibility index (Phi) is 3.27. The van der Waals surface area contributed by atoms with E-state index in [1.165, 1.54) is 24.3 Å². The van der Waals surface area contributed by atoms with Crippen LogP contribution in [0, 0.1) is 5.82 Å². The summed E-state index contributed by atoms with van der Waals surface area (Å²) < 4.78 is 18.6. The van der Waals surface area contributed by atoms with E-state index in [0.717, 1.165) is 0 Å². The molecule has 106 valence electrons. The number of nitrogens with zero attached hydrogens (tertiary/aromatic N) is 2. The van der Waals surface area contributed by atoms with Crippen molar-refractivity contribution in [2.45, 2.75) is 6.42 Å². The van der Waals surface area contributed by atoms with Crippen LogP contribution in [-0.4, -0.2) is 20.4 Å². The molecule has 0 bridgehead atoms. The molecule has 0 saturated carbocycles. The molecule has 3 aromatic rings. The fourth-order valence-electron chi connectivity index (χ4n) is 1.97. The predicted molar refractivity (Wildman–Crippen MR) is 72.3 cm³/mol. The van der Waals surface area contributed by atoms with Gasteiger partial charge in [-0.15, -0.1) is 0 Å². The van der Waals surface area contributed by atoms with Crippen LogP contribution in [0.3, 0.4) is 0 Å². The largest absolute Gasteiger partial charge is 0.508 e. The standard InChI is InChI=1S/C15H11FN2O3/c16-13-4-2-1-3-9(13)7-14-17-15(21-18-14)10-5-11(19)8-12(20)6-10/h1-6,8,19-20H,7H2. The minimum Gasteiger partial charge on any atom is -0.508 e. The van der Waals surface area contributed by atoms with Gasteiger partial charge in [-0.25, -0.2) is 4.39 Å². The fourth-order valence-corrected chi connectivity index (χ4v) is 1.97. The molecule has 3 rings (SSSR count). The molecule has 1 aromatic heterocycles. The Hall–Kier alpha value is -2.89. The zero-order valence-corrected chi connectivity index (χ0v) is 10.8. The molecule has 0 aliphatic carbocycles. The Balaban J connectivity index is 1.88. The summed E-state index contributed by atoms with van der Waals surface area (Å²) in [7, 11) is 0. The number of phenols is 2. The van der Waals surface area contributed by atoms with Crippen LogP contribution < -0.4 is 0 Å². The van der Waals surface area contributed by atoms with Crippen molar-refractivity contribution < 1.29 is 19.1 Å². The second-order valence-electron chi connectivity index (χ2n) is 4.52. The maximum Gasteiger partial charge on any atom is 0.258 e. The van der Waals surface area contributed by atoms with Crippen molar-refractivity contribution in [2.75, 3.05) is 0 Å². The van der Waals surface area contributed by atoms with Gasteiger partial charge in [0.15, 0.2) is 5.82 Å². The van der Waals surface area contributed by atoms with E-state index in [0.29, 0.717) is 17.0 Å². The van der Waals surface area contributed by atoms with E-state index in [1.807, 2.05) is 0 Å². The van der Waals surface area contributed by atoms with Gasteiger partial charge >= 0.3 is 0 Å². The molecule has 0 unspecified atom stereocenters. The van der Waals surface area contributed by atoms with Gasteiger partial charge in [-0.1, -0.05) is 23.4 Å². The molecular weight excluding hydrogens is 275 g/mol. The quantitative estimate of drug-likeness (QED) is 0.774. The van der Waals surface area contributed by atoms with Gasteiger partial charge in [0.25, 0.3) is 5.89 Å². The van der Waals surface area contributed by atoms with E-state index in [4.69, 9.17) is 4.52 Å². The maximum atomic E-state index is 13.6. The van der Waals surface area contributed by atoms with Gasteiger partial charge in [0, 0.05) is 18.1 Å². The average Bonchev–Trinajstić information content (AvgIpc) is 2.89. The topological polar surface area (TPSA) is 79.4 Å². The summed E-state index contributed by atoms with van der Waals surface area (Å²) in [5.74, 6) is -0.0953. The first kappa shape index (κ1) is 13.1. The van der Waals surface area contributed by atoms with Crippen molar-refractivity contribution in [3.8, 4) is 23.0 Å². The zero-order valence-electron chi connectivity index (χ0n) is 10.8. The molecule has 1 heterocycles. The molecule has 5 nitrogen and oxygen atoms in total. The number of benzene rings is 2. The van der Waals surface area contributed by atoms with Gasteiger partial charge in [-0.3, -0.25) is 0 Å². The normalized spacial score (nSPS) is 10.7. The molecule has 0 aliphatic rings. The Morgan fingerprint density at radius 1 is 1.05 bits per heavy atom. The van der Waals surface area contributed by atoms with E-state index >= 15 is 0 Å².